The van der Waals surface area contributed by atoms with Crippen LogP contribution in [0.2, 0.25) is 0 Å². The first kappa shape index (κ1) is 23.7. The minimum Gasteiger partial charge on any atom is -0.373 e. The lowest BCUT2D eigenvalue weighted by Gasteiger charge is -2.35. The zero-order valence-electron chi connectivity index (χ0n) is 14.7. The maximum Gasteiger partial charge on any atom is 0.390 e. The number of hydrogen-bond donors (Lipinski definition) is 2. The first-order valence-electron chi connectivity index (χ1n) is 8.27. The predicted molar refractivity (Wildman–Crippen MR) is 101 cm³/mol. The van der Waals surface area contributed by atoms with Crippen molar-refractivity contribution in [3.8, 4) is 0 Å². The molecule has 0 aliphatic carbocycles. The van der Waals surface area contributed by atoms with Gasteiger partial charge in [0.25, 0.3) is 0 Å². The lowest BCUT2D eigenvalue weighted by molar-refractivity contribution is -0.132. The molecule has 1 rings (SSSR count). The molecule has 0 aromatic rings. The summed E-state index contributed by atoms with van der Waals surface area (Å²) in [7, 11) is 0. The van der Waals surface area contributed by atoms with Crippen LogP contribution in [0.1, 0.15) is 33.6 Å². The van der Waals surface area contributed by atoms with E-state index in [4.69, 9.17) is 4.74 Å². The van der Waals surface area contributed by atoms with Gasteiger partial charge in [-0.25, -0.2) is 0 Å². The van der Waals surface area contributed by atoms with E-state index in [9.17, 15) is 13.2 Å². The van der Waals surface area contributed by atoms with Gasteiger partial charge in [0.05, 0.1) is 18.6 Å². The third-order valence-corrected chi connectivity index (χ3v) is 3.44. The lowest BCUT2D eigenvalue weighted by Crippen LogP contribution is -2.45. The van der Waals surface area contributed by atoms with Crippen molar-refractivity contribution >= 4 is 29.9 Å². The number of morpholine rings is 1. The molecular weight excluding hydrogens is 436 g/mol. The van der Waals surface area contributed by atoms with Crippen LogP contribution >= 0.6 is 24.0 Å². The molecule has 0 bridgehead atoms. The molecule has 0 aromatic carbocycles. The van der Waals surface area contributed by atoms with E-state index < -0.39 is 12.6 Å². The maximum absolute atomic E-state index is 12.2. The van der Waals surface area contributed by atoms with Gasteiger partial charge in [-0.2, -0.15) is 13.2 Å². The van der Waals surface area contributed by atoms with Crippen molar-refractivity contribution in [1.29, 1.82) is 0 Å². The topological polar surface area (TPSA) is 48.9 Å². The summed E-state index contributed by atoms with van der Waals surface area (Å²) < 4.78 is 42.1. The van der Waals surface area contributed by atoms with Crippen LogP contribution in [0.4, 0.5) is 13.2 Å². The second kappa shape index (κ2) is 12.1. The lowest BCUT2D eigenvalue weighted by atomic mass is 10.2. The van der Waals surface area contributed by atoms with Crippen molar-refractivity contribution in [2.45, 2.75) is 52.0 Å². The Morgan fingerprint density at radius 3 is 2.38 bits per heavy atom. The van der Waals surface area contributed by atoms with Crippen LogP contribution in [0.25, 0.3) is 0 Å². The van der Waals surface area contributed by atoms with Gasteiger partial charge in [-0.15, -0.1) is 24.0 Å². The molecule has 0 aromatic heterocycles. The minimum atomic E-state index is -4.14. The normalized spacial score (nSPS) is 22.8. The molecule has 1 heterocycles. The molecule has 1 fully saturated rings. The predicted octanol–water partition coefficient (Wildman–Crippen LogP) is 2.61. The van der Waals surface area contributed by atoms with Gasteiger partial charge >= 0.3 is 6.18 Å². The molecule has 2 unspecified atom stereocenters. The molecule has 0 saturated carbocycles. The summed E-state index contributed by atoms with van der Waals surface area (Å²) in [5, 5.41) is 5.67. The van der Waals surface area contributed by atoms with Crippen molar-refractivity contribution in [2.75, 3.05) is 39.3 Å². The molecule has 1 saturated heterocycles. The van der Waals surface area contributed by atoms with Crippen molar-refractivity contribution in [2.24, 2.45) is 4.99 Å². The van der Waals surface area contributed by atoms with E-state index in [0.717, 1.165) is 26.1 Å². The van der Waals surface area contributed by atoms with Gasteiger partial charge < -0.3 is 15.4 Å². The summed E-state index contributed by atoms with van der Waals surface area (Å²) >= 11 is 0. The molecule has 5 nitrogen and oxygen atoms in total. The number of ether oxygens (including phenoxy) is 1. The fourth-order valence-electron chi connectivity index (χ4n) is 2.62. The van der Waals surface area contributed by atoms with E-state index in [-0.39, 0.29) is 42.7 Å². The van der Waals surface area contributed by atoms with Gasteiger partial charge in [0.1, 0.15) is 0 Å². The SMILES string of the molecule is CCNC(=NCCCN1CC(C)OC(C)C1)NCCC(F)(F)F.I. The highest BCUT2D eigenvalue weighted by molar-refractivity contribution is 14.0. The Morgan fingerprint density at radius 1 is 1.21 bits per heavy atom. The molecule has 2 N–H and O–H groups in total. The number of hydrogen-bond acceptors (Lipinski definition) is 3. The molecule has 2 atom stereocenters. The number of alkyl halides is 3. The van der Waals surface area contributed by atoms with E-state index in [0.29, 0.717) is 19.0 Å². The maximum atomic E-state index is 12.2. The Hall–Kier alpha value is -0.290. The second-order valence-electron chi connectivity index (χ2n) is 5.92. The summed E-state index contributed by atoms with van der Waals surface area (Å²) in [5.41, 5.74) is 0. The van der Waals surface area contributed by atoms with Crippen LogP contribution in [0.15, 0.2) is 4.99 Å². The van der Waals surface area contributed by atoms with E-state index >= 15 is 0 Å². The van der Waals surface area contributed by atoms with E-state index in [1.165, 1.54) is 0 Å². The zero-order chi connectivity index (χ0) is 17.3. The Labute approximate surface area is 159 Å². The van der Waals surface area contributed by atoms with Gasteiger partial charge in [-0.1, -0.05) is 0 Å². The largest absolute Gasteiger partial charge is 0.390 e. The first-order valence-corrected chi connectivity index (χ1v) is 8.27. The molecule has 1 aliphatic rings. The Morgan fingerprint density at radius 2 is 1.83 bits per heavy atom. The molecule has 1 aliphatic heterocycles. The van der Waals surface area contributed by atoms with Gasteiger partial charge in [0, 0.05) is 39.3 Å². The highest BCUT2D eigenvalue weighted by Gasteiger charge is 2.26. The minimum absolute atomic E-state index is 0. The highest BCUT2D eigenvalue weighted by atomic mass is 127. The van der Waals surface area contributed by atoms with Crippen molar-refractivity contribution in [3.63, 3.8) is 0 Å². The van der Waals surface area contributed by atoms with Crippen LogP contribution < -0.4 is 10.6 Å². The van der Waals surface area contributed by atoms with E-state index in [2.05, 4.69) is 34.4 Å². The average molecular weight is 466 g/mol. The summed E-state index contributed by atoms with van der Waals surface area (Å²) in [6, 6.07) is 0. The number of aliphatic imine (C=N–C) groups is 1. The van der Waals surface area contributed by atoms with Crippen molar-refractivity contribution < 1.29 is 17.9 Å². The fraction of sp³-hybridized carbons (Fsp3) is 0.933. The Bertz CT molecular complexity index is 359. The molecular formula is C15H30F3IN4O. The van der Waals surface area contributed by atoms with Gasteiger partial charge in [0.15, 0.2) is 5.96 Å². The Kier molecular flexibility index (Phi) is 12.0. The van der Waals surface area contributed by atoms with E-state index in [1.54, 1.807) is 0 Å². The zero-order valence-corrected chi connectivity index (χ0v) is 17.0. The number of halogens is 4. The second-order valence-corrected chi connectivity index (χ2v) is 5.92. The average Bonchev–Trinajstić information content (AvgIpc) is 2.41. The summed E-state index contributed by atoms with van der Waals surface area (Å²) in [6.07, 6.45) is -3.66. The van der Waals surface area contributed by atoms with Gasteiger partial charge in [-0.05, 0) is 27.2 Å². The Balaban J connectivity index is 0.00000529. The van der Waals surface area contributed by atoms with Gasteiger partial charge in [0.2, 0.25) is 0 Å². The van der Waals surface area contributed by atoms with Crippen LogP contribution in [0.3, 0.4) is 0 Å². The van der Waals surface area contributed by atoms with Crippen molar-refractivity contribution in [3.05, 3.63) is 0 Å². The molecule has 0 radical (unpaired) electrons. The standard InChI is InChI=1S/C15H29F3N4O.HI/c1-4-19-14(21-8-6-15(16,17)18)20-7-5-9-22-10-12(2)23-13(3)11-22;/h12-13H,4-11H2,1-3H3,(H2,19,20,21);1H. The smallest absolute Gasteiger partial charge is 0.373 e. The monoisotopic (exact) mass is 466 g/mol. The molecule has 0 spiro atoms. The van der Waals surface area contributed by atoms with Crippen molar-refractivity contribution in [1.82, 2.24) is 15.5 Å². The molecule has 144 valence electrons. The number of nitrogens with one attached hydrogen (secondary N) is 2. The summed E-state index contributed by atoms with van der Waals surface area (Å²) in [4.78, 5) is 6.67. The third kappa shape index (κ3) is 11.3. The highest BCUT2D eigenvalue weighted by Crippen LogP contribution is 2.18. The molecule has 0 amide bonds. The number of guanidine groups is 1. The molecule has 24 heavy (non-hydrogen) atoms. The van der Waals surface area contributed by atoms with Crippen LogP contribution in [-0.2, 0) is 4.74 Å². The summed E-state index contributed by atoms with van der Waals surface area (Å²) in [6.45, 7) is 9.81. The van der Waals surface area contributed by atoms with Gasteiger partial charge in [-0.3, -0.25) is 9.89 Å². The first-order chi connectivity index (χ1) is 10.8. The fourth-order valence-corrected chi connectivity index (χ4v) is 2.62. The quantitative estimate of drug-likeness (QED) is 0.262. The summed E-state index contributed by atoms with van der Waals surface area (Å²) in [5.74, 6) is 0.445. The molecule has 9 heteroatoms. The van der Waals surface area contributed by atoms with Crippen LogP contribution in [0.5, 0.6) is 0 Å². The third-order valence-electron chi connectivity index (χ3n) is 3.44. The number of rotatable bonds is 7. The number of nitrogens with zero attached hydrogens (tertiary/aromatic N) is 2. The van der Waals surface area contributed by atoms with Crippen LogP contribution in [-0.4, -0.2) is 68.5 Å². The van der Waals surface area contributed by atoms with E-state index in [1.807, 2.05) is 6.92 Å². The van der Waals surface area contributed by atoms with Crippen LogP contribution in [0, 0.1) is 0 Å².